The van der Waals surface area contributed by atoms with E-state index in [0.717, 1.165) is 12.4 Å². The van der Waals surface area contributed by atoms with Gasteiger partial charge in [0.05, 0.1) is 6.10 Å². The van der Waals surface area contributed by atoms with Crippen LogP contribution >= 0.6 is 23.2 Å². The molecule has 0 saturated carbocycles. The van der Waals surface area contributed by atoms with Gasteiger partial charge in [0, 0.05) is 29.7 Å². The van der Waals surface area contributed by atoms with E-state index in [1.807, 2.05) is 18.4 Å². The Bertz CT molecular complexity index is 698. The maximum atomic E-state index is 10.3. The third-order valence-corrected chi connectivity index (χ3v) is 3.93. The van der Waals surface area contributed by atoms with E-state index < -0.39 is 6.10 Å². The first-order chi connectivity index (χ1) is 12.0. The lowest BCUT2D eigenvalue weighted by Gasteiger charge is -2.16. The quantitative estimate of drug-likeness (QED) is 0.503. The van der Waals surface area contributed by atoms with E-state index in [4.69, 9.17) is 23.2 Å². The first kappa shape index (κ1) is 19.5. The van der Waals surface area contributed by atoms with Crippen LogP contribution < -0.4 is 10.6 Å². The first-order valence-electron chi connectivity index (χ1n) is 8.06. The highest BCUT2D eigenvalue weighted by molar-refractivity contribution is 6.34. The number of halogens is 2. The molecule has 136 valence electrons. The van der Waals surface area contributed by atoms with Crippen molar-refractivity contribution < 1.29 is 5.11 Å². The lowest BCUT2D eigenvalue weighted by Crippen LogP contribution is -2.39. The zero-order chi connectivity index (χ0) is 18.2. The number of benzene rings is 1. The normalized spacial score (nSPS) is 12.9. The molecule has 0 saturated heterocycles. The van der Waals surface area contributed by atoms with Crippen molar-refractivity contribution in [1.82, 2.24) is 25.4 Å². The van der Waals surface area contributed by atoms with Gasteiger partial charge in [0.1, 0.15) is 12.9 Å². The molecular weight excluding hydrogens is 363 g/mol. The number of aryl methyl sites for hydroxylation is 1. The Morgan fingerprint density at radius 3 is 2.60 bits per heavy atom. The van der Waals surface area contributed by atoms with Crippen molar-refractivity contribution in [3.63, 3.8) is 0 Å². The highest BCUT2D eigenvalue weighted by Gasteiger charge is 2.11. The van der Waals surface area contributed by atoms with Crippen LogP contribution in [0.5, 0.6) is 0 Å². The number of aliphatic hydroxyl groups is 1. The van der Waals surface area contributed by atoms with Crippen LogP contribution in [0.4, 0.5) is 0 Å². The summed E-state index contributed by atoms with van der Waals surface area (Å²) in [6.45, 7) is 6.14. The van der Waals surface area contributed by atoms with Gasteiger partial charge < -0.3 is 20.3 Å². The van der Waals surface area contributed by atoms with E-state index in [2.05, 4.69) is 25.8 Å². The van der Waals surface area contributed by atoms with Gasteiger partial charge in [-0.2, -0.15) is 0 Å². The summed E-state index contributed by atoms with van der Waals surface area (Å²) in [7, 11) is 0. The number of nitrogens with one attached hydrogen (secondary N) is 2. The maximum Gasteiger partial charge on any atom is 0.191 e. The van der Waals surface area contributed by atoms with Gasteiger partial charge in [0.15, 0.2) is 11.8 Å². The third kappa shape index (κ3) is 5.88. The van der Waals surface area contributed by atoms with Gasteiger partial charge in [0.2, 0.25) is 0 Å². The number of nitrogens with zero attached hydrogens (tertiary/aromatic N) is 4. The van der Waals surface area contributed by atoms with Gasteiger partial charge in [-0.1, -0.05) is 23.2 Å². The second-order valence-corrected chi connectivity index (χ2v) is 6.20. The van der Waals surface area contributed by atoms with Crippen molar-refractivity contribution in [2.45, 2.75) is 33.0 Å². The molecule has 2 rings (SSSR count). The molecule has 7 nitrogen and oxygen atoms in total. The Kier molecular flexibility index (Phi) is 7.49. The SMILES string of the molecule is CCNC(=NCc1nncn1CC)NCC(O)c1cc(Cl)cc(Cl)c1. The molecule has 0 amide bonds. The molecule has 0 aliphatic carbocycles. The molecule has 0 aliphatic rings. The summed E-state index contributed by atoms with van der Waals surface area (Å²) >= 11 is 11.9. The Morgan fingerprint density at radius 1 is 1.24 bits per heavy atom. The number of rotatable bonds is 7. The summed E-state index contributed by atoms with van der Waals surface area (Å²) in [6, 6.07) is 5.00. The van der Waals surface area contributed by atoms with Gasteiger partial charge in [-0.25, -0.2) is 4.99 Å². The average Bonchev–Trinajstić information content (AvgIpc) is 3.03. The van der Waals surface area contributed by atoms with Crippen LogP contribution in [0, 0.1) is 0 Å². The second-order valence-electron chi connectivity index (χ2n) is 5.33. The molecule has 2 aromatic rings. The zero-order valence-electron chi connectivity index (χ0n) is 14.2. The van der Waals surface area contributed by atoms with Crippen molar-refractivity contribution in [2.24, 2.45) is 4.99 Å². The number of hydrogen-bond acceptors (Lipinski definition) is 4. The molecule has 9 heteroatoms. The van der Waals surface area contributed by atoms with E-state index in [9.17, 15) is 5.11 Å². The largest absolute Gasteiger partial charge is 0.387 e. The summed E-state index contributed by atoms with van der Waals surface area (Å²) < 4.78 is 1.93. The zero-order valence-corrected chi connectivity index (χ0v) is 15.7. The molecule has 3 N–H and O–H groups in total. The summed E-state index contributed by atoms with van der Waals surface area (Å²) in [5.41, 5.74) is 0.645. The lowest BCUT2D eigenvalue weighted by atomic mass is 10.1. The van der Waals surface area contributed by atoms with Crippen LogP contribution in [0.3, 0.4) is 0 Å². The monoisotopic (exact) mass is 384 g/mol. The van der Waals surface area contributed by atoms with E-state index in [0.29, 0.717) is 34.7 Å². The smallest absolute Gasteiger partial charge is 0.191 e. The molecule has 0 spiro atoms. The predicted molar refractivity (Wildman–Crippen MR) is 99.9 cm³/mol. The van der Waals surface area contributed by atoms with Crippen LogP contribution in [0.25, 0.3) is 0 Å². The lowest BCUT2D eigenvalue weighted by molar-refractivity contribution is 0.181. The topological polar surface area (TPSA) is 87.4 Å². The van der Waals surface area contributed by atoms with E-state index in [1.165, 1.54) is 0 Å². The minimum absolute atomic E-state index is 0.267. The number of hydrogen-bond donors (Lipinski definition) is 3. The molecule has 0 radical (unpaired) electrons. The van der Waals surface area contributed by atoms with E-state index in [-0.39, 0.29) is 6.54 Å². The fraction of sp³-hybridized carbons (Fsp3) is 0.438. The molecule has 1 unspecified atom stereocenters. The molecular formula is C16H22Cl2N6O. The average molecular weight is 385 g/mol. The number of guanidine groups is 1. The Balaban J connectivity index is 1.99. The van der Waals surface area contributed by atoms with Gasteiger partial charge in [-0.15, -0.1) is 10.2 Å². The van der Waals surface area contributed by atoms with Crippen LogP contribution in [-0.4, -0.2) is 38.9 Å². The predicted octanol–water partition coefficient (Wildman–Crippen LogP) is 2.39. The molecule has 1 atom stereocenters. The molecule has 0 aliphatic heterocycles. The molecule has 1 heterocycles. The van der Waals surface area contributed by atoms with Gasteiger partial charge in [0.25, 0.3) is 0 Å². The van der Waals surface area contributed by atoms with E-state index in [1.54, 1.807) is 24.5 Å². The number of aliphatic hydroxyl groups excluding tert-OH is 1. The molecule has 1 aromatic carbocycles. The van der Waals surface area contributed by atoms with Crippen LogP contribution in [0.1, 0.15) is 31.3 Å². The van der Waals surface area contributed by atoms with Crippen LogP contribution in [0.2, 0.25) is 10.0 Å². The van der Waals surface area contributed by atoms with Crippen molar-refractivity contribution in [1.29, 1.82) is 0 Å². The summed E-state index contributed by atoms with van der Waals surface area (Å²) in [4.78, 5) is 4.47. The molecule has 0 bridgehead atoms. The maximum absolute atomic E-state index is 10.3. The second kappa shape index (κ2) is 9.60. The minimum atomic E-state index is -0.764. The Morgan fingerprint density at radius 2 is 1.96 bits per heavy atom. The summed E-state index contributed by atoms with van der Waals surface area (Å²) in [6.07, 6.45) is 0.914. The van der Waals surface area contributed by atoms with Crippen molar-refractivity contribution in [3.8, 4) is 0 Å². The Hall–Kier alpha value is -1.83. The summed E-state index contributed by atoms with van der Waals surface area (Å²) in [5.74, 6) is 1.36. The van der Waals surface area contributed by atoms with Gasteiger partial charge >= 0.3 is 0 Å². The number of aromatic nitrogens is 3. The molecule has 1 aromatic heterocycles. The fourth-order valence-corrected chi connectivity index (χ4v) is 2.78. The highest BCUT2D eigenvalue weighted by atomic mass is 35.5. The van der Waals surface area contributed by atoms with Gasteiger partial charge in [-0.3, -0.25) is 0 Å². The van der Waals surface area contributed by atoms with E-state index >= 15 is 0 Å². The van der Waals surface area contributed by atoms with Gasteiger partial charge in [-0.05, 0) is 37.6 Å². The first-order valence-corrected chi connectivity index (χ1v) is 8.82. The minimum Gasteiger partial charge on any atom is -0.387 e. The highest BCUT2D eigenvalue weighted by Crippen LogP contribution is 2.23. The third-order valence-electron chi connectivity index (χ3n) is 3.49. The van der Waals surface area contributed by atoms with Crippen molar-refractivity contribution in [2.75, 3.05) is 13.1 Å². The Labute approximate surface area is 157 Å². The molecule has 25 heavy (non-hydrogen) atoms. The van der Waals surface area contributed by atoms with Crippen LogP contribution in [0.15, 0.2) is 29.5 Å². The summed E-state index contributed by atoms with van der Waals surface area (Å²) in [5, 5.41) is 25.5. The van der Waals surface area contributed by atoms with Crippen LogP contribution in [-0.2, 0) is 13.1 Å². The van der Waals surface area contributed by atoms with Crippen molar-refractivity contribution in [3.05, 3.63) is 46.0 Å². The molecule has 0 fully saturated rings. The fourth-order valence-electron chi connectivity index (χ4n) is 2.24. The standard InChI is InChI=1S/C16H22Cl2N6O/c1-3-19-16(21-9-15-23-22-10-24(15)4-2)20-8-14(25)11-5-12(17)7-13(18)6-11/h5-7,10,14,25H,3-4,8-9H2,1-2H3,(H2,19,20,21). The van der Waals surface area contributed by atoms with Crippen molar-refractivity contribution >= 4 is 29.2 Å². The number of aliphatic imine (C=N–C) groups is 1.